The fourth-order valence-corrected chi connectivity index (χ4v) is 5.34. The second-order valence-corrected chi connectivity index (χ2v) is 7.08. The van der Waals surface area contributed by atoms with E-state index in [-0.39, 0.29) is 17.4 Å². The molecule has 4 aliphatic carbocycles. The highest BCUT2D eigenvalue weighted by atomic mass is 16.6. The quantitative estimate of drug-likeness (QED) is 0.657. The molecule has 8 heteroatoms. The normalized spacial score (nSPS) is 40.4. The molecule has 5 rings (SSSR count). The average Bonchev–Trinajstić information content (AvgIpc) is 2.87. The lowest BCUT2D eigenvalue weighted by Gasteiger charge is -2.59. The summed E-state index contributed by atoms with van der Waals surface area (Å²) in [5.74, 6) is 0.318. The van der Waals surface area contributed by atoms with Crippen LogP contribution in [0.2, 0.25) is 0 Å². The van der Waals surface area contributed by atoms with Crippen LogP contribution in [0.5, 0.6) is 0 Å². The van der Waals surface area contributed by atoms with Gasteiger partial charge in [-0.05, 0) is 55.3 Å². The molecule has 4 aliphatic rings. The number of carbonyl (C=O) groups excluding carboxylic acids is 1. The molecule has 1 amide bonds. The lowest BCUT2D eigenvalue weighted by atomic mass is 9.46. The Morgan fingerprint density at radius 3 is 2.57 bits per heavy atom. The van der Waals surface area contributed by atoms with Crippen LogP contribution >= 0.6 is 0 Å². The van der Waals surface area contributed by atoms with Gasteiger partial charge in [-0.15, -0.1) is 0 Å². The van der Waals surface area contributed by atoms with Crippen molar-refractivity contribution in [2.24, 2.45) is 23.0 Å². The zero-order valence-electron chi connectivity index (χ0n) is 11.6. The second-order valence-electron chi connectivity index (χ2n) is 7.08. The molecule has 0 radical (unpaired) electrons. The van der Waals surface area contributed by atoms with Crippen LogP contribution in [0.4, 0.5) is 5.95 Å². The highest BCUT2D eigenvalue weighted by Crippen LogP contribution is 2.63. The Hall–Kier alpha value is -1.99. The minimum Gasteiger partial charge on any atom is -0.390 e. The summed E-state index contributed by atoms with van der Waals surface area (Å²) in [4.78, 5) is 26.0. The van der Waals surface area contributed by atoms with Gasteiger partial charge in [0.15, 0.2) is 0 Å². The zero-order valence-corrected chi connectivity index (χ0v) is 11.6. The molecule has 1 aromatic rings. The largest absolute Gasteiger partial charge is 0.490 e. The van der Waals surface area contributed by atoms with E-state index in [2.05, 4.69) is 10.1 Å². The molecule has 1 aromatic heterocycles. The first kappa shape index (κ1) is 12.7. The molecular formula is C13H17N5O3. The van der Waals surface area contributed by atoms with Gasteiger partial charge in [-0.1, -0.05) is 4.98 Å². The average molecular weight is 291 g/mol. The van der Waals surface area contributed by atoms with Gasteiger partial charge in [-0.2, -0.15) is 4.68 Å². The Morgan fingerprint density at radius 2 is 2.05 bits per heavy atom. The van der Waals surface area contributed by atoms with E-state index in [0.717, 1.165) is 32.1 Å². The number of carbonyl (C=O) groups is 1. The number of rotatable bonds is 3. The molecule has 2 atom stereocenters. The highest BCUT2D eigenvalue weighted by Gasteiger charge is 2.62. The lowest BCUT2D eigenvalue weighted by molar-refractivity contribution is -0.394. The molecule has 0 saturated heterocycles. The second kappa shape index (κ2) is 3.80. The number of hydrogen-bond donors (Lipinski definition) is 1. The Morgan fingerprint density at radius 1 is 1.38 bits per heavy atom. The van der Waals surface area contributed by atoms with Gasteiger partial charge in [0, 0.05) is 5.10 Å². The smallest absolute Gasteiger partial charge is 0.390 e. The molecule has 0 aliphatic heterocycles. The summed E-state index contributed by atoms with van der Waals surface area (Å²) in [5.41, 5.74) is 4.92. The summed E-state index contributed by atoms with van der Waals surface area (Å²) >= 11 is 0. The van der Waals surface area contributed by atoms with Crippen molar-refractivity contribution in [2.45, 2.75) is 44.1 Å². The van der Waals surface area contributed by atoms with E-state index in [9.17, 15) is 14.9 Å². The SMILES string of the molecule is NC(=O)C12C[C@@H]3C[C@@H](C1)CC(n1cnc([N+](=O)[O-])n1)(C3)C2. The van der Waals surface area contributed by atoms with E-state index < -0.39 is 10.3 Å². The van der Waals surface area contributed by atoms with E-state index in [0.29, 0.717) is 18.3 Å². The molecule has 4 bridgehead atoms. The molecule has 4 saturated carbocycles. The molecule has 0 unspecified atom stereocenters. The van der Waals surface area contributed by atoms with Gasteiger partial charge >= 0.3 is 5.95 Å². The number of primary amides is 1. The molecule has 0 aromatic carbocycles. The van der Waals surface area contributed by atoms with Crippen LogP contribution in [0, 0.1) is 27.4 Å². The predicted octanol–water partition coefficient (Wildman–Crippen LogP) is 0.967. The maximum absolute atomic E-state index is 12.0. The van der Waals surface area contributed by atoms with Crippen molar-refractivity contribution in [1.29, 1.82) is 0 Å². The summed E-state index contributed by atoms with van der Waals surface area (Å²) < 4.78 is 1.64. The highest BCUT2D eigenvalue weighted by molar-refractivity contribution is 5.81. The summed E-state index contributed by atoms with van der Waals surface area (Å²) in [6, 6.07) is 0. The van der Waals surface area contributed by atoms with Crippen molar-refractivity contribution in [3.63, 3.8) is 0 Å². The van der Waals surface area contributed by atoms with Crippen LogP contribution in [0.3, 0.4) is 0 Å². The minimum absolute atomic E-state index is 0.226. The van der Waals surface area contributed by atoms with Gasteiger partial charge in [0.25, 0.3) is 0 Å². The van der Waals surface area contributed by atoms with Gasteiger partial charge < -0.3 is 15.8 Å². The van der Waals surface area contributed by atoms with Crippen molar-refractivity contribution in [3.8, 4) is 0 Å². The van der Waals surface area contributed by atoms with Crippen LogP contribution in [0.25, 0.3) is 0 Å². The maximum Gasteiger partial charge on any atom is 0.490 e. The molecule has 21 heavy (non-hydrogen) atoms. The van der Waals surface area contributed by atoms with E-state index >= 15 is 0 Å². The van der Waals surface area contributed by atoms with Gasteiger partial charge in [0.1, 0.15) is 0 Å². The summed E-state index contributed by atoms with van der Waals surface area (Å²) in [7, 11) is 0. The number of aromatic nitrogens is 3. The third kappa shape index (κ3) is 1.64. The summed E-state index contributed by atoms with van der Waals surface area (Å²) in [6.45, 7) is 0. The van der Waals surface area contributed by atoms with Gasteiger partial charge in [0.2, 0.25) is 12.2 Å². The third-order valence-electron chi connectivity index (χ3n) is 5.68. The Balaban J connectivity index is 1.76. The first-order valence-corrected chi connectivity index (χ1v) is 7.29. The molecule has 112 valence electrons. The van der Waals surface area contributed by atoms with Crippen molar-refractivity contribution in [2.75, 3.05) is 0 Å². The monoisotopic (exact) mass is 291 g/mol. The van der Waals surface area contributed by atoms with Gasteiger partial charge in [-0.25, -0.2) is 0 Å². The van der Waals surface area contributed by atoms with Crippen LogP contribution < -0.4 is 5.73 Å². The summed E-state index contributed by atoms with van der Waals surface area (Å²) in [6.07, 6.45) is 6.77. The zero-order chi connectivity index (χ0) is 14.8. The van der Waals surface area contributed by atoms with Crippen molar-refractivity contribution >= 4 is 11.9 Å². The first-order chi connectivity index (χ1) is 9.92. The summed E-state index contributed by atoms with van der Waals surface area (Å²) in [5, 5.41) is 14.9. The van der Waals surface area contributed by atoms with E-state index in [1.807, 2.05) is 0 Å². The van der Waals surface area contributed by atoms with E-state index in [1.54, 1.807) is 4.68 Å². The number of nitrogens with zero attached hydrogens (tertiary/aromatic N) is 4. The predicted molar refractivity (Wildman–Crippen MR) is 71.0 cm³/mol. The van der Waals surface area contributed by atoms with Crippen LogP contribution in [-0.2, 0) is 10.3 Å². The molecule has 4 fully saturated rings. The van der Waals surface area contributed by atoms with Crippen LogP contribution in [-0.4, -0.2) is 25.6 Å². The Bertz CT molecular complexity index is 626. The Kier molecular flexibility index (Phi) is 2.31. The van der Waals surface area contributed by atoms with Gasteiger partial charge in [-0.3, -0.25) is 4.79 Å². The fraction of sp³-hybridized carbons (Fsp3) is 0.769. The molecule has 0 spiro atoms. The molecular weight excluding hydrogens is 274 g/mol. The van der Waals surface area contributed by atoms with Crippen molar-refractivity contribution in [3.05, 3.63) is 16.4 Å². The van der Waals surface area contributed by atoms with Gasteiger partial charge in [0.05, 0.1) is 11.0 Å². The first-order valence-electron chi connectivity index (χ1n) is 7.29. The number of amides is 1. The number of nitro groups is 1. The lowest BCUT2D eigenvalue weighted by Crippen LogP contribution is -2.60. The fourth-order valence-electron chi connectivity index (χ4n) is 5.34. The van der Waals surface area contributed by atoms with Crippen LogP contribution in [0.1, 0.15) is 38.5 Å². The van der Waals surface area contributed by atoms with Crippen molar-refractivity contribution < 1.29 is 9.72 Å². The molecule has 2 N–H and O–H groups in total. The third-order valence-corrected chi connectivity index (χ3v) is 5.68. The standard InChI is InChI=1S/C13H17N5O3/c14-10(19)12-2-8-1-9(3-12)5-13(4-8,6-12)17-7-15-11(16-17)18(20)21/h7-9H,1-6H2,(H2,14,19)/t8-,9-,12?,13?/m0/s1. The minimum atomic E-state index is -0.582. The molecule has 1 heterocycles. The topological polar surface area (TPSA) is 117 Å². The van der Waals surface area contributed by atoms with Crippen molar-refractivity contribution in [1.82, 2.24) is 14.8 Å². The maximum atomic E-state index is 12.0. The number of hydrogen-bond acceptors (Lipinski definition) is 5. The molecule has 8 nitrogen and oxygen atoms in total. The van der Waals surface area contributed by atoms with E-state index in [4.69, 9.17) is 5.73 Å². The van der Waals surface area contributed by atoms with E-state index in [1.165, 1.54) is 6.33 Å². The number of nitrogens with two attached hydrogens (primary N) is 1. The van der Waals surface area contributed by atoms with Crippen LogP contribution in [0.15, 0.2) is 6.33 Å². The Labute approximate surface area is 120 Å².